The minimum atomic E-state index is 0.753. The lowest BCUT2D eigenvalue weighted by Crippen LogP contribution is -1.77. The van der Waals surface area contributed by atoms with Crippen molar-refractivity contribution < 1.29 is 4.42 Å². The smallest absolute Gasteiger partial charge is 0.192 e. The lowest BCUT2D eigenvalue weighted by molar-refractivity contribution is 0.560. The monoisotopic (exact) mass is 173 g/mol. The van der Waals surface area contributed by atoms with Crippen LogP contribution in [0.2, 0.25) is 0 Å². The van der Waals surface area contributed by atoms with Crippen LogP contribution in [0.15, 0.2) is 22.6 Å². The molecule has 1 saturated carbocycles. The Morgan fingerprint density at radius 3 is 3.00 bits per heavy atom. The zero-order valence-electron chi connectivity index (χ0n) is 7.58. The highest BCUT2D eigenvalue weighted by atomic mass is 16.3. The molecule has 0 unspecified atom stereocenters. The van der Waals surface area contributed by atoms with E-state index in [4.69, 9.17) is 4.42 Å². The van der Waals surface area contributed by atoms with E-state index in [0.29, 0.717) is 0 Å². The van der Waals surface area contributed by atoms with E-state index in [9.17, 15) is 0 Å². The van der Waals surface area contributed by atoms with Crippen LogP contribution in [0.4, 0.5) is 0 Å². The highest BCUT2D eigenvalue weighted by molar-refractivity contribution is 5.73. The number of benzene rings is 1. The maximum absolute atomic E-state index is 5.48. The summed E-state index contributed by atoms with van der Waals surface area (Å²) in [5.41, 5.74) is 3.31. The maximum atomic E-state index is 5.48. The molecule has 1 aromatic heterocycles. The van der Waals surface area contributed by atoms with E-state index in [1.54, 1.807) is 0 Å². The molecule has 0 N–H and O–H groups in total. The Labute approximate surface area is 76.6 Å². The van der Waals surface area contributed by atoms with Gasteiger partial charge in [0.05, 0.1) is 0 Å². The van der Waals surface area contributed by atoms with Crippen molar-refractivity contribution in [2.24, 2.45) is 0 Å². The molecule has 0 bridgehead atoms. The molecule has 0 radical (unpaired) electrons. The van der Waals surface area contributed by atoms with Crippen LogP contribution < -0.4 is 0 Å². The number of hydrogen-bond donors (Lipinski definition) is 0. The van der Waals surface area contributed by atoms with Crippen molar-refractivity contribution in [3.63, 3.8) is 0 Å². The zero-order chi connectivity index (χ0) is 8.84. The fraction of sp³-hybridized carbons (Fsp3) is 0.364. The Balaban J connectivity index is 2.20. The summed E-state index contributed by atoms with van der Waals surface area (Å²) in [6.45, 7) is 1.89. The van der Waals surface area contributed by atoms with E-state index in [1.165, 1.54) is 18.4 Å². The molecule has 0 amide bonds. The summed E-state index contributed by atoms with van der Waals surface area (Å²) in [5, 5.41) is 0. The number of aryl methyl sites for hydroxylation is 1. The van der Waals surface area contributed by atoms with Gasteiger partial charge in [0.2, 0.25) is 0 Å². The fourth-order valence-corrected chi connectivity index (χ4v) is 1.73. The fourth-order valence-electron chi connectivity index (χ4n) is 1.73. The van der Waals surface area contributed by atoms with Crippen molar-refractivity contribution in [3.05, 3.63) is 29.7 Å². The SMILES string of the molecule is Cc1nc2ccc(C3CC3)cc2o1. The zero-order valence-corrected chi connectivity index (χ0v) is 7.58. The first-order valence-electron chi connectivity index (χ1n) is 4.70. The van der Waals surface area contributed by atoms with E-state index < -0.39 is 0 Å². The number of nitrogens with zero attached hydrogens (tertiary/aromatic N) is 1. The Hall–Kier alpha value is -1.31. The molecule has 1 fully saturated rings. The van der Waals surface area contributed by atoms with Gasteiger partial charge in [-0.25, -0.2) is 4.98 Å². The van der Waals surface area contributed by atoms with Crippen molar-refractivity contribution >= 4 is 11.1 Å². The summed E-state index contributed by atoms with van der Waals surface area (Å²) >= 11 is 0. The molecule has 13 heavy (non-hydrogen) atoms. The molecular formula is C11H11NO. The Morgan fingerprint density at radius 2 is 2.23 bits per heavy atom. The summed E-state index contributed by atoms with van der Waals surface area (Å²) in [6.07, 6.45) is 2.66. The average Bonchev–Trinajstić information content (AvgIpc) is 2.87. The summed E-state index contributed by atoms with van der Waals surface area (Å²) in [4.78, 5) is 4.27. The van der Waals surface area contributed by atoms with Gasteiger partial charge < -0.3 is 4.42 Å². The molecule has 0 aliphatic heterocycles. The summed E-state index contributed by atoms with van der Waals surface area (Å²) < 4.78 is 5.48. The molecule has 66 valence electrons. The Morgan fingerprint density at radius 1 is 1.38 bits per heavy atom. The second-order valence-electron chi connectivity index (χ2n) is 3.73. The standard InChI is InChI=1S/C11H11NO/c1-7-12-10-5-4-9(8-2-3-8)6-11(10)13-7/h4-6,8H,2-3H2,1H3. The highest BCUT2D eigenvalue weighted by Crippen LogP contribution is 2.40. The van der Waals surface area contributed by atoms with Gasteiger partial charge in [0, 0.05) is 6.92 Å². The number of oxazole rings is 1. The van der Waals surface area contributed by atoms with Crippen molar-refractivity contribution in [2.75, 3.05) is 0 Å². The molecule has 2 heteroatoms. The maximum Gasteiger partial charge on any atom is 0.192 e. The Bertz CT molecular complexity index is 454. The molecule has 1 aromatic carbocycles. The minimum Gasteiger partial charge on any atom is -0.441 e. The van der Waals surface area contributed by atoms with E-state index in [-0.39, 0.29) is 0 Å². The van der Waals surface area contributed by atoms with Crippen molar-refractivity contribution in [2.45, 2.75) is 25.7 Å². The summed E-state index contributed by atoms with van der Waals surface area (Å²) in [7, 11) is 0. The number of aromatic nitrogens is 1. The van der Waals surface area contributed by atoms with Crippen molar-refractivity contribution in [3.8, 4) is 0 Å². The van der Waals surface area contributed by atoms with E-state index in [2.05, 4.69) is 23.2 Å². The second kappa shape index (κ2) is 2.34. The molecule has 1 aliphatic carbocycles. The quantitative estimate of drug-likeness (QED) is 0.662. The summed E-state index contributed by atoms with van der Waals surface area (Å²) in [6, 6.07) is 6.36. The average molecular weight is 173 g/mol. The van der Waals surface area contributed by atoms with Crippen LogP contribution in [0.1, 0.15) is 30.2 Å². The van der Waals surface area contributed by atoms with Gasteiger partial charge in [-0.1, -0.05) is 6.07 Å². The van der Waals surface area contributed by atoms with Crippen molar-refractivity contribution in [1.29, 1.82) is 0 Å². The lowest BCUT2D eigenvalue weighted by Gasteiger charge is -1.94. The third-order valence-corrected chi connectivity index (χ3v) is 2.57. The van der Waals surface area contributed by atoms with E-state index >= 15 is 0 Å². The van der Waals surface area contributed by atoms with Crippen molar-refractivity contribution in [1.82, 2.24) is 4.98 Å². The number of fused-ring (bicyclic) bond motifs is 1. The van der Waals surface area contributed by atoms with Gasteiger partial charge in [-0.05, 0) is 36.5 Å². The largest absolute Gasteiger partial charge is 0.441 e. The van der Waals surface area contributed by atoms with Gasteiger partial charge in [-0.2, -0.15) is 0 Å². The third kappa shape index (κ3) is 1.13. The van der Waals surface area contributed by atoms with E-state index in [0.717, 1.165) is 22.9 Å². The van der Waals surface area contributed by atoms with Crippen LogP contribution in [0, 0.1) is 6.92 Å². The van der Waals surface area contributed by atoms with E-state index in [1.807, 2.05) is 6.92 Å². The molecule has 0 atom stereocenters. The first-order valence-corrected chi connectivity index (χ1v) is 4.70. The number of hydrogen-bond acceptors (Lipinski definition) is 2. The predicted octanol–water partition coefficient (Wildman–Crippen LogP) is 3.01. The minimum absolute atomic E-state index is 0.753. The van der Waals surface area contributed by atoms with Gasteiger partial charge in [0.25, 0.3) is 0 Å². The number of rotatable bonds is 1. The highest BCUT2D eigenvalue weighted by Gasteiger charge is 2.23. The van der Waals surface area contributed by atoms with Gasteiger partial charge in [0.1, 0.15) is 5.52 Å². The molecular weight excluding hydrogens is 162 g/mol. The van der Waals surface area contributed by atoms with Crippen LogP contribution >= 0.6 is 0 Å². The molecule has 2 aromatic rings. The lowest BCUT2D eigenvalue weighted by atomic mass is 10.1. The third-order valence-electron chi connectivity index (χ3n) is 2.57. The topological polar surface area (TPSA) is 26.0 Å². The van der Waals surface area contributed by atoms with Crippen LogP contribution in [0.25, 0.3) is 11.1 Å². The second-order valence-corrected chi connectivity index (χ2v) is 3.73. The first-order chi connectivity index (χ1) is 6.33. The predicted molar refractivity (Wildman–Crippen MR) is 50.7 cm³/mol. The molecule has 1 heterocycles. The van der Waals surface area contributed by atoms with Crippen LogP contribution in [-0.4, -0.2) is 4.98 Å². The Kier molecular flexibility index (Phi) is 1.29. The van der Waals surface area contributed by atoms with Gasteiger partial charge in [0.15, 0.2) is 11.5 Å². The van der Waals surface area contributed by atoms with Gasteiger partial charge in [-0.3, -0.25) is 0 Å². The van der Waals surface area contributed by atoms with Crippen LogP contribution in [0.5, 0.6) is 0 Å². The molecule has 0 spiro atoms. The normalized spacial score (nSPS) is 16.7. The van der Waals surface area contributed by atoms with Crippen LogP contribution in [-0.2, 0) is 0 Å². The van der Waals surface area contributed by atoms with Gasteiger partial charge >= 0.3 is 0 Å². The molecule has 1 aliphatic rings. The van der Waals surface area contributed by atoms with Crippen LogP contribution in [0.3, 0.4) is 0 Å². The molecule has 2 nitrogen and oxygen atoms in total. The van der Waals surface area contributed by atoms with Gasteiger partial charge in [-0.15, -0.1) is 0 Å². The molecule has 3 rings (SSSR count). The summed E-state index contributed by atoms with van der Waals surface area (Å²) in [5.74, 6) is 1.54. The first kappa shape index (κ1) is 7.13. The molecule has 0 saturated heterocycles.